The number of hydrogen-bond donors (Lipinski definition) is 8. The minimum atomic E-state index is -1.21. The Balaban J connectivity index is 5.41. The van der Waals surface area contributed by atoms with E-state index in [0.29, 0.717) is 38.0 Å². The third-order valence-corrected chi connectivity index (χ3v) is 6.55. The number of nitrogens with one attached hydrogen (secondary N) is 3. The van der Waals surface area contributed by atoms with Crippen LogP contribution in [0.25, 0.3) is 0 Å². The lowest BCUT2D eigenvalue weighted by atomic mass is 9.97. The molecule has 12 N–H and O–H groups in total. The second kappa shape index (κ2) is 19.5. The van der Waals surface area contributed by atoms with Gasteiger partial charge in [0.25, 0.3) is 0 Å². The van der Waals surface area contributed by atoms with Gasteiger partial charge >= 0.3 is 5.97 Å². The highest BCUT2D eigenvalue weighted by Crippen LogP contribution is 2.11. The molecule has 5 unspecified atom stereocenters. The number of hydrogen-bond acceptors (Lipinski definition) is 8. The van der Waals surface area contributed by atoms with Crippen molar-refractivity contribution < 1.29 is 24.3 Å². The van der Waals surface area contributed by atoms with Crippen LogP contribution < -0.4 is 38.9 Å². The molecule has 0 radical (unpaired) electrons. The van der Waals surface area contributed by atoms with Crippen LogP contribution in [0.1, 0.15) is 58.8 Å². The van der Waals surface area contributed by atoms with Crippen molar-refractivity contribution in [2.75, 3.05) is 25.1 Å². The van der Waals surface area contributed by atoms with Crippen molar-refractivity contribution >= 4 is 41.4 Å². The average molecular weight is 547 g/mol. The Morgan fingerprint density at radius 2 is 1.57 bits per heavy atom. The van der Waals surface area contributed by atoms with Gasteiger partial charge in [-0.15, -0.1) is 0 Å². The first-order valence-electron chi connectivity index (χ1n) is 12.6. The summed E-state index contributed by atoms with van der Waals surface area (Å²) >= 11 is 1.48. The lowest BCUT2D eigenvalue weighted by Gasteiger charge is -2.28. The third kappa shape index (κ3) is 14.7. The molecule has 0 saturated carbocycles. The zero-order valence-electron chi connectivity index (χ0n) is 22.2. The molecule has 0 aliphatic carbocycles. The first kappa shape index (κ1) is 34.4. The molecule has 0 aromatic heterocycles. The fraction of sp³-hybridized carbons (Fsp3) is 0.783. The van der Waals surface area contributed by atoms with E-state index in [9.17, 15) is 24.3 Å². The SMILES string of the molecule is CCC(C)C(NC(=O)C(N)CCCCN)C(=O)NC(CCSC)C(=O)NC(CCCN=C(N)N)C(=O)O. The van der Waals surface area contributed by atoms with Gasteiger partial charge < -0.3 is 44.0 Å². The van der Waals surface area contributed by atoms with Crippen LogP contribution in [-0.4, -0.2) is 84.0 Å². The zero-order chi connectivity index (χ0) is 28.4. The van der Waals surface area contributed by atoms with E-state index in [1.807, 2.05) is 20.1 Å². The minimum absolute atomic E-state index is 0.102. The normalized spacial score (nSPS) is 14.9. The highest BCUT2D eigenvalue weighted by Gasteiger charge is 2.32. The third-order valence-electron chi connectivity index (χ3n) is 5.90. The molecule has 0 aromatic carbocycles. The van der Waals surface area contributed by atoms with Crippen LogP contribution in [0.2, 0.25) is 0 Å². The second-order valence-electron chi connectivity index (χ2n) is 8.95. The molecule has 214 valence electrons. The molecule has 0 aromatic rings. The van der Waals surface area contributed by atoms with E-state index in [0.717, 1.165) is 6.42 Å². The molecule has 0 aliphatic rings. The quantitative estimate of drug-likeness (QED) is 0.0517. The van der Waals surface area contributed by atoms with Crippen LogP contribution in [0, 0.1) is 5.92 Å². The number of rotatable bonds is 20. The lowest BCUT2D eigenvalue weighted by molar-refractivity contribution is -0.142. The first-order valence-corrected chi connectivity index (χ1v) is 14.0. The number of thioether (sulfide) groups is 1. The predicted molar refractivity (Wildman–Crippen MR) is 147 cm³/mol. The molecule has 13 nitrogen and oxygen atoms in total. The zero-order valence-corrected chi connectivity index (χ0v) is 23.0. The summed E-state index contributed by atoms with van der Waals surface area (Å²) in [7, 11) is 0. The van der Waals surface area contributed by atoms with Gasteiger partial charge in [0.15, 0.2) is 5.96 Å². The Kier molecular flexibility index (Phi) is 18.2. The summed E-state index contributed by atoms with van der Waals surface area (Å²) < 4.78 is 0. The Bertz CT molecular complexity index is 751. The molecular weight excluding hydrogens is 500 g/mol. The molecule has 0 saturated heterocycles. The summed E-state index contributed by atoms with van der Waals surface area (Å²) in [5.74, 6) is -2.59. The molecule has 3 amide bonds. The maximum Gasteiger partial charge on any atom is 0.326 e. The molecule has 5 atom stereocenters. The number of carbonyl (C=O) groups excluding carboxylic acids is 3. The molecular formula is C23H46N8O5S. The second-order valence-corrected chi connectivity index (χ2v) is 9.94. The maximum absolute atomic E-state index is 13.2. The molecule has 0 bridgehead atoms. The van der Waals surface area contributed by atoms with Crippen molar-refractivity contribution in [1.82, 2.24) is 16.0 Å². The molecule has 0 rings (SSSR count). The van der Waals surface area contributed by atoms with Gasteiger partial charge in [0.2, 0.25) is 17.7 Å². The van der Waals surface area contributed by atoms with Crippen molar-refractivity contribution in [3.8, 4) is 0 Å². The first-order chi connectivity index (χ1) is 17.5. The standard InChI is InChI=1S/C23H46N8O5S/c1-4-14(2)18(31-19(32)15(25)8-5-6-11-24)21(34)29-16(10-13-37-3)20(33)30-17(22(35)36)9-7-12-28-23(26)27/h14-18H,4-13,24-25H2,1-3H3,(H,29,34)(H,30,33)(H,31,32)(H,35,36)(H4,26,27,28). The Labute approximate surface area is 223 Å². The van der Waals surface area contributed by atoms with E-state index in [1.54, 1.807) is 0 Å². The summed E-state index contributed by atoms with van der Waals surface area (Å²) in [5, 5.41) is 17.5. The van der Waals surface area contributed by atoms with Gasteiger partial charge in [-0.25, -0.2) is 4.79 Å². The van der Waals surface area contributed by atoms with Crippen LogP contribution in [0.4, 0.5) is 0 Å². The summed E-state index contributed by atoms with van der Waals surface area (Å²) in [5.41, 5.74) is 22.0. The van der Waals surface area contributed by atoms with Gasteiger partial charge in [-0.3, -0.25) is 19.4 Å². The summed E-state index contributed by atoms with van der Waals surface area (Å²) in [6.07, 6.45) is 5.05. The Morgan fingerprint density at radius 1 is 0.919 bits per heavy atom. The van der Waals surface area contributed by atoms with Crippen molar-refractivity contribution in [3.63, 3.8) is 0 Å². The van der Waals surface area contributed by atoms with E-state index in [1.165, 1.54) is 11.8 Å². The predicted octanol–water partition coefficient (Wildman–Crippen LogP) is -1.17. The number of guanidine groups is 1. The van der Waals surface area contributed by atoms with Gasteiger partial charge in [0.05, 0.1) is 6.04 Å². The van der Waals surface area contributed by atoms with E-state index in [4.69, 9.17) is 22.9 Å². The number of amides is 3. The maximum atomic E-state index is 13.2. The van der Waals surface area contributed by atoms with E-state index < -0.39 is 47.9 Å². The van der Waals surface area contributed by atoms with E-state index in [2.05, 4.69) is 20.9 Å². The largest absolute Gasteiger partial charge is 0.480 e. The van der Waals surface area contributed by atoms with Gasteiger partial charge in [-0.2, -0.15) is 11.8 Å². The van der Waals surface area contributed by atoms with Crippen LogP contribution in [0.5, 0.6) is 0 Å². The monoisotopic (exact) mass is 546 g/mol. The molecule has 0 aliphatic heterocycles. The number of nitrogens with two attached hydrogens (primary N) is 4. The van der Waals surface area contributed by atoms with E-state index in [-0.39, 0.29) is 31.3 Å². The van der Waals surface area contributed by atoms with Crippen LogP contribution in [0.3, 0.4) is 0 Å². The van der Waals surface area contributed by atoms with Crippen molar-refractivity contribution in [3.05, 3.63) is 0 Å². The molecule has 0 heterocycles. The van der Waals surface area contributed by atoms with Crippen LogP contribution >= 0.6 is 11.8 Å². The van der Waals surface area contributed by atoms with Gasteiger partial charge in [0, 0.05) is 6.54 Å². The number of nitrogens with zero attached hydrogens (tertiary/aromatic N) is 1. The van der Waals surface area contributed by atoms with Gasteiger partial charge in [-0.1, -0.05) is 26.7 Å². The Hall–Kier alpha value is -2.58. The fourth-order valence-electron chi connectivity index (χ4n) is 3.40. The van der Waals surface area contributed by atoms with Crippen molar-refractivity contribution in [2.24, 2.45) is 33.8 Å². The fourth-order valence-corrected chi connectivity index (χ4v) is 3.87. The molecule has 14 heteroatoms. The number of carboxylic acids is 1. The number of aliphatic imine (C=N–C) groups is 1. The summed E-state index contributed by atoms with van der Waals surface area (Å²) in [4.78, 5) is 54.3. The van der Waals surface area contributed by atoms with Crippen molar-refractivity contribution in [1.29, 1.82) is 0 Å². The number of carbonyl (C=O) groups is 4. The highest BCUT2D eigenvalue weighted by atomic mass is 32.2. The highest BCUT2D eigenvalue weighted by molar-refractivity contribution is 7.98. The van der Waals surface area contributed by atoms with Crippen molar-refractivity contribution in [2.45, 2.75) is 83.0 Å². The summed E-state index contributed by atoms with van der Waals surface area (Å²) in [6, 6.07) is -3.84. The number of unbranched alkanes of at least 4 members (excludes halogenated alkanes) is 1. The van der Waals surface area contributed by atoms with Gasteiger partial charge in [0.1, 0.15) is 18.1 Å². The molecule has 37 heavy (non-hydrogen) atoms. The molecule has 0 spiro atoms. The summed E-state index contributed by atoms with van der Waals surface area (Å²) in [6.45, 7) is 4.43. The Morgan fingerprint density at radius 3 is 2.11 bits per heavy atom. The topological polar surface area (TPSA) is 241 Å². The van der Waals surface area contributed by atoms with Gasteiger partial charge in [-0.05, 0) is 56.6 Å². The number of carboxylic acid groups (broad SMARTS) is 1. The minimum Gasteiger partial charge on any atom is -0.480 e. The smallest absolute Gasteiger partial charge is 0.326 e. The van der Waals surface area contributed by atoms with Crippen LogP contribution in [-0.2, 0) is 19.2 Å². The number of aliphatic carboxylic acids is 1. The average Bonchev–Trinajstić information content (AvgIpc) is 2.85. The van der Waals surface area contributed by atoms with E-state index >= 15 is 0 Å². The lowest BCUT2D eigenvalue weighted by Crippen LogP contribution is -2.58. The molecule has 0 fully saturated rings. The van der Waals surface area contributed by atoms with Crippen LogP contribution in [0.15, 0.2) is 4.99 Å².